The van der Waals surface area contributed by atoms with Crippen LogP contribution in [-0.4, -0.2) is 41.4 Å². The van der Waals surface area contributed by atoms with Crippen molar-refractivity contribution in [2.24, 2.45) is 11.8 Å². The summed E-state index contributed by atoms with van der Waals surface area (Å²) < 4.78 is 10.9. The number of aliphatic carboxylic acids is 1. The van der Waals surface area contributed by atoms with Gasteiger partial charge < -0.3 is 19.9 Å². The smallest absolute Gasteiger partial charge is 0.407 e. The van der Waals surface area contributed by atoms with Crippen molar-refractivity contribution in [1.82, 2.24) is 5.32 Å². The van der Waals surface area contributed by atoms with Gasteiger partial charge in [0.2, 0.25) is 0 Å². The van der Waals surface area contributed by atoms with Gasteiger partial charge in [-0.2, -0.15) is 0 Å². The van der Waals surface area contributed by atoms with E-state index in [4.69, 9.17) is 9.47 Å². The molecule has 3 rings (SSSR count). The molecule has 2 atom stereocenters. The molecule has 1 amide bonds. The van der Waals surface area contributed by atoms with Crippen LogP contribution in [0.25, 0.3) is 11.1 Å². The fourth-order valence-electron chi connectivity index (χ4n) is 4.34. The molecule has 0 heterocycles. The van der Waals surface area contributed by atoms with Gasteiger partial charge in [0, 0.05) is 5.92 Å². The van der Waals surface area contributed by atoms with E-state index in [1.165, 1.54) is 0 Å². The Morgan fingerprint density at radius 1 is 0.971 bits per heavy atom. The van der Waals surface area contributed by atoms with Crippen molar-refractivity contribution in [2.75, 3.05) is 6.61 Å². The fourth-order valence-corrected chi connectivity index (χ4v) is 4.34. The van der Waals surface area contributed by atoms with Crippen molar-refractivity contribution in [1.29, 1.82) is 0 Å². The number of amides is 1. The molecule has 0 fully saturated rings. The van der Waals surface area contributed by atoms with E-state index in [0.29, 0.717) is 0 Å². The first-order valence-corrected chi connectivity index (χ1v) is 11.5. The Morgan fingerprint density at radius 3 is 1.97 bits per heavy atom. The summed E-state index contributed by atoms with van der Waals surface area (Å²) in [5.74, 6) is -3.27. The van der Waals surface area contributed by atoms with Crippen LogP contribution in [-0.2, 0) is 19.1 Å². The third-order valence-corrected chi connectivity index (χ3v) is 5.72. The Hall–Kier alpha value is -3.35. The number of carboxylic acids is 1. The number of carboxylic acid groups (broad SMARTS) is 1. The molecule has 0 aromatic heterocycles. The summed E-state index contributed by atoms with van der Waals surface area (Å²) in [6, 6.07) is 14.6. The van der Waals surface area contributed by atoms with E-state index in [1.54, 1.807) is 20.8 Å². The quantitative estimate of drug-likeness (QED) is 0.531. The number of ether oxygens (including phenoxy) is 2. The summed E-state index contributed by atoms with van der Waals surface area (Å²) in [5, 5.41) is 12.3. The summed E-state index contributed by atoms with van der Waals surface area (Å²) in [6.45, 7) is 8.84. The second kappa shape index (κ2) is 10.3. The molecule has 0 bridgehead atoms. The highest BCUT2D eigenvalue weighted by Gasteiger charge is 2.39. The number of rotatable bonds is 8. The Morgan fingerprint density at radius 2 is 1.50 bits per heavy atom. The molecule has 1 aliphatic carbocycles. The second-order valence-corrected chi connectivity index (χ2v) is 10.1. The lowest BCUT2D eigenvalue weighted by molar-refractivity contribution is -0.163. The molecular formula is C27H33NO6. The van der Waals surface area contributed by atoms with Gasteiger partial charge in [0.25, 0.3) is 0 Å². The van der Waals surface area contributed by atoms with E-state index < -0.39 is 35.6 Å². The first-order valence-electron chi connectivity index (χ1n) is 11.5. The summed E-state index contributed by atoms with van der Waals surface area (Å²) >= 11 is 0. The second-order valence-electron chi connectivity index (χ2n) is 10.1. The zero-order valence-corrected chi connectivity index (χ0v) is 20.3. The Bertz CT molecular complexity index is 1010. The molecule has 0 radical (unpaired) electrons. The van der Waals surface area contributed by atoms with Crippen LogP contribution in [0, 0.1) is 11.8 Å². The molecule has 0 saturated carbocycles. The van der Waals surface area contributed by atoms with Crippen molar-refractivity contribution >= 4 is 18.0 Å². The first kappa shape index (κ1) is 25.3. The van der Waals surface area contributed by atoms with Gasteiger partial charge >= 0.3 is 18.0 Å². The summed E-state index contributed by atoms with van der Waals surface area (Å²) in [6.07, 6.45) is -0.657. The number of esters is 1. The average Bonchev–Trinajstić information content (AvgIpc) is 3.07. The normalized spacial score (nSPS) is 14.6. The number of hydrogen-bond donors (Lipinski definition) is 2. The van der Waals surface area contributed by atoms with Crippen LogP contribution < -0.4 is 5.32 Å². The van der Waals surface area contributed by atoms with Gasteiger partial charge in [-0.25, -0.2) is 9.59 Å². The number of carbonyl (C=O) groups excluding carboxylic acids is 2. The molecule has 182 valence electrons. The predicted molar refractivity (Wildman–Crippen MR) is 128 cm³/mol. The van der Waals surface area contributed by atoms with E-state index in [2.05, 4.69) is 5.32 Å². The highest BCUT2D eigenvalue weighted by Crippen LogP contribution is 2.44. The lowest BCUT2D eigenvalue weighted by Crippen LogP contribution is -2.51. The highest BCUT2D eigenvalue weighted by atomic mass is 16.6. The molecule has 0 spiro atoms. The van der Waals surface area contributed by atoms with Crippen LogP contribution in [0.2, 0.25) is 0 Å². The minimum Gasteiger partial charge on any atom is -0.481 e. The van der Waals surface area contributed by atoms with E-state index >= 15 is 0 Å². The third kappa shape index (κ3) is 5.95. The number of alkyl carbamates (subject to hydrolysis) is 1. The van der Waals surface area contributed by atoms with Gasteiger partial charge in [-0.15, -0.1) is 0 Å². The van der Waals surface area contributed by atoms with Gasteiger partial charge in [-0.3, -0.25) is 4.79 Å². The molecular weight excluding hydrogens is 434 g/mol. The maximum Gasteiger partial charge on any atom is 0.407 e. The molecule has 34 heavy (non-hydrogen) atoms. The number of carbonyl (C=O) groups is 3. The minimum atomic E-state index is -1.37. The SMILES string of the molecule is CC(C)C[C@@H](C(=O)O)[C@@H](NC(=O)OCC1c2ccccc2-c2ccccc21)C(=O)OC(C)(C)C. The van der Waals surface area contributed by atoms with Gasteiger partial charge in [0.1, 0.15) is 18.2 Å². The number of benzene rings is 2. The van der Waals surface area contributed by atoms with Crippen LogP contribution in [0.4, 0.5) is 4.79 Å². The minimum absolute atomic E-state index is 0.00431. The van der Waals surface area contributed by atoms with Gasteiger partial charge in [-0.05, 0) is 55.4 Å². The van der Waals surface area contributed by atoms with Gasteiger partial charge in [-0.1, -0.05) is 62.4 Å². The van der Waals surface area contributed by atoms with E-state index in [-0.39, 0.29) is 24.9 Å². The van der Waals surface area contributed by atoms with Crippen molar-refractivity contribution in [3.63, 3.8) is 0 Å². The maximum absolute atomic E-state index is 12.9. The molecule has 2 N–H and O–H groups in total. The molecule has 7 nitrogen and oxygen atoms in total. The summed E-state index contributed by atoms with van der Waals surface area (Å²) in [5.41, 5.74) is 3.48. The zero-order valence-electron chi connectivity index (χ0n) is 20.3. The first-order chi connectivity index (χ1) is 16.0. The fraction of sp³-hybridized carbons (Fsp3) is 0.444. The van der Waals surface area contributed by atoms with Crippen LogP contribution >= 0.6 is 0 Å². The topological polar surface area (TPSA) is 102 Å². The molecule has 7 heteroatoms. The van der Waals surface area contributed by atoms with Crippen molar-refractivity contribution in [3.05, 3.63) is 59.7 Å². The summed E-state index contributed by atoms with van der Waals surface area (Å²) in [7, 11) is 0. The van der Waals surface area contributed by atoms with Crippen LogP contribution in [0.5, 0.6) is 0 Å². The standard InChI is InChI=1S/C27H33NO6/c1-16(2)14-21(24(29)30)23(25(31)34-27(3,4)5)28-26(32)33-15-22-19-12-8-6-10-17(19)18-11-7-9-13-20(18)22/h6-13,16,21-23H,14-15H2,1-5H3,(H,28,32)(H,29,30)/t21-,23-/m1/s1. The Kier molecular flexibility index (Phi) is 7.64. The molecule has 2 aromatic carbocycles. The molecule has 0 unspecified atom stereocenters. The molecule has 2 aromatic rings. The van der Waals surface area contributed by atoms with Crippen molar-refractivity contribution < 1.29 is 29.0 Å². The lowest BCUT2D eigenvalue weighted by Gasteiger charge is -2.28. The number of nitrogens with one attached hydrogen (secondary N) is 1. The Balaban J connectivity index is 1.77. The highest BCUT2D eigenvalue weighted by molar-refractivity contribution is 5.87. The number of fused-ring (bicyclic) bond motifs is 3. The average molecular weight is 468 g/mol. The molecule has 1 aliphatic rings. The summed E-state index contributed by atoms with van der Waals surface area (Å²) in [4.78, 5) is 37.6. The number of hydrogen-bond acceptors (Lipinski definition) is 5. The van der Waals surface area contributed by atoms with Crippen LogP contribution in [0.3, 0.4) is 0 Å². The monoisotopic (exact) mass is 467 g/mol. The molecule has 0 aliphatic heterocycles. The zero-order chi connectivity index (χ0) is 25.0. The Labute approximate surface area is 200 Å². The van der Waals surface area contributed by atoms with E-state index in [1.807, 2.05) is 62.4 Å². The molecule has 0 saturated heterocycles. The van der Waals surface area contributed by atoms with Crippen LogP contribution in [0.15, 0.2) is 48.5 Å². The van der Waals surface area contributed by atoms with E-state index in [9.17, 15) is 19.5 Å². The van der Waals surface area contributed by atoms with E-state index in [0.717, 1.165) is 22.3 Å². The van der Waals surface area contributed by atoms with Crippen LogP contribution in [0.1, 0.15) is 58.1 Å². The van der Waals surface area contributed by atoms with Gasteiger partial charge in [0.15, 0.2) is 0 Å². The maximum atomic E-state index is 12.9. The van der Waals surface area contributed by atoms with Crippen molar-refractivity contribution in [3.8, 4) is 11.1 Å². The van der Waals surface area contributed by atoms with Gasteiger partial charge in [0.05, 0.1) is 5.92 Å². The predicted octanol–water partition coefficient (Wildman–Crippen LogP) is 4.98. The van der Waals surface area contributed by atoms with Crippen molar-refractivity contribution in [2.45, 2.75) is 58.6 Å². The largest absolute Gasteiger partial charge is 0.481 e. The lowest BCUT2D eigenvalue weighted by atomic mass is 9.90. The third-order valence-electron chi connectivity index (χ3n) is 5.72.